The highest BCUT2D eigenvalue weighted by molar-refractivity contribution is 8.01. The Hall–Kier alpha value is -2.65. The number of carbonyl (C=O) groups excluding carboxylic acids is 1. The van der Waals surface area contributed by atoms with E-state index in [1.807, 2.05) is 24.3 Å². The second-order valence-electron chi connectivity index (χ2n) is 5.53. The van der Waals surface area contributed by atoms with Gasteiger partial charge in [-0.05, 0) is 48.9 Å². The maximum atomic E-state index is 13.5. The lowest BCUT2D eigenvalue weighted by Gasteiger charge is -2.05. The fourth-order valence-electron chi connectivity index (χ4n) is 2.11. The van der Waals surface area contributed by atoms with Crippen molar-refractivity contribution in [1.29, 1.82) is 0 Å². The number of hydrogen-bond donors (Lipinski definition) is 2. The van der Waals surface area contributed by atoms with Gasteiger partial charge in [-0.3, -0.25) is 4.79 Å². The lowest BCUT2D eigenvalue weighted by molar-refractivity contribution is -0.113. The molecule has 0 saturated heterocycles. The molecule has 0 aliphatic rings. The Labute approximate surface area is 164 Å². The first-order valence-electron chi connectivity index (χ1n) is 7.97. The highest BCUT2D eigenvalue weighted by Gasteiger charge is 2.10. The van der Waals surface area contributed by atoms with Crippen molar-refractivity contribution in [1.82, 2.24) is 10.2 Å². The molecule has 6 nitrogen and oxygen atoms in total. The van der Waals surface area contributed by atoms with Crippen molar-refractivity contribution in [2.45, 2.75) is 11.3 Å². The van der Waals surface area contributed by atoms with Gasteiger partial charge in [0.15, 0.2) is 4.34 Å². The molecular weight excluding hydrogens is 387 g/mol. The number of thioether (sulfide) groups is 1. The van der Waals surface area contributed by atoms with Crippen LogP contribution in [0.5, 0.6) is 5.75 Å². The smallest absolute Gasteiger partial charge is 0.234 e. The molecule has 0 bridgehead atoms. The van der Waals surface area contributed by atoms with Crippen LogP contribution >= 0.6 is 23.1 Å². The van der Waals surface area contributed by atoms with Gasteiger partial charge in [0.05, 0.1) is 12.9 Å². The van der Waals surface area contributed by atoms with Gasteiger partial charge in [0.25, 0.3) is 0 Å². The second kappa shape index (κ2) is 8.83. The molecule has 0 aliphatic carbocycles. The maximum absolute atomic E-state index is 13.5. The van der Waals surface area contributed by atoms with E-state index in [0.717, 1.165) is 11.4 Å². The van der Waals surface area contributed by atoms with E-state index in [4.69, 9.17) is 4.74 Å². The summed E-state index contributed by atoms with van der Waals surface area (Å²) < 4.78 is 19.3. The zero-order valence-corrected chi connectivity index (χ0v) is 16.3. The minimum absolute atomic E-state index is 0.159. The molecule has 0 atom stereocenters. The second-order valence-corrected chi connectivity index (χ2v) is 7.73. The summed E-state index contributed by atoms with van der Waals surface area (Å²) in [5, 5.41) is 14.6. The monoisotopic (exact) mass is 404 g/mol. The summed E-state index contributed by atoms with van der Waals surface area (Å²) in [6.45, 7) is 1.67. The topological polar surface area (TPSA) is 76.1 Å². The molecule has 27 heavy (non-hydrogen) atoms. The SMILES string of the molecule is COc1ccc(Nc2nnc(SCC(=O)Nc3ccc(C)c(F)c3)s2)cc1. The number of nitrogens with zero attached hydrogens (tertiary/aromatic N) is 2. The van der Waals surface area contributed by atoms with Gasteiger partial charge in [0.2, 0.25) is 11.0 Å². The van der Waals surface area contributed by atoms with E-state index < -0.39 is 0 Å². The number of halogens is 1. The number of nitrogens with one attached hydrogen (secondary N) is 2. The van der Waals surface area contributed by atoms with Crippen molar-refractivity contribution in [2.75, 3.05) is 23.5 Å². The summed E-state index contributed by atoms with van der Waals surface area (Å²) in [7, 11) is 1.61. The average molecular weight is 404 g/mol. The van der Waals surface area contributed by atoms with Crippen LogP contribution in [0.1, 0.15) is 5.56 Å². The molecule has 1 amide bonds. The normalized spacial score (nSPS) is 10.5. The van der Waals surface area contributed by atoms with Crippen LogP contribution in [0.25, 0.3) is 0 Å². The summed E-state index contributed by atoms with van der Waals surface area (Å²) >= 11 is 2.62. The van der Waals surface area contributed by atoms with E-state index in [0.29, 0.717) is 20.7 Å². The van der Waals surface area contributed by atoms with Crippen molar-refractivity contribution in [3.8, 4) is 5.75 Å². The van der Waals surface area contributed by atoms with Gasteiger partial charge in [-0.25, -0.2) is 4.39 Å². The van der Waals surface area contributed by atoms with E-state index in [2.05, 4.69) is 20.8 Å². The Morgan fingerprint density at radius 3 is 2.63 bits per heavy atom. The number of rotatable bonds is 7. The highest BCUT2D eigenvalue weighted by atomic mass is 32.2. The first-order valence-corrected chi connectivity index (χ1v) is 9.77. The van der Waals surface area contributed by atoms with E-state index in [1.54, 1.807) is 26.2 Å². The van der Waals surface area contributed by atoms with Crippen molar-refractivity contribution in [3.05, 3.63) is 53.8 Å². The van der Waals surface area contributed by atoms with Crippen LogP contribution in [0.3, 0.4) is 0 Å². The van der Waals surface area contributed by atoms with Gasteiger partial charge in [-0.2, -0.15) is 0 Å². The third-order valence-electron chi connectivity index (χ3n) is 3.53. The minimum atomic E-state index is -0.348. The van der Waals surface area contributed by atoms with Crippen molar-refractivity contribution in [3.63, 3.8) is 0 Å². The molecule has 0 fully saturated rings. The number of carbonyl (C=O) groups is 1. The maximum Gasteiger partial charge on any atom is 0.234 e. The lowest BCUT2D eigenvalue weighted by atomic mass is 10.2. The third-order valence-corrected chi connectivity index (χ3v) is 5.50. The van der Waals surface area contributed by atoms with Crippen LogP contribution < -0.4 is 15.4 Å². The van der Waals surface area contributed by atoms with Crippen molar-refractivity contribution in [2.24, 2.45) is 0 Å². The van der Waals surface area contributed by atoms with E-state index in [1.165, 1.54) is 29.2 Å². The molecule has 140 valence electrons. The molecule has 2 N–H and O–H groups in total. The number of aromatic nitrogens is 2. The van der Waals surface area contributed by atoms with Gasteiger partial charge in [0.1, 0.15) is 11.6 Å². The summed E-state index contributed by atoms with van der Waals surface area (Å²) in [5.74, 6) is 0.350. The number of aryl methyl sites for hydroxylation is 1. The zero-order valence-electron chi connectivity index (χ0n) is 14.7. The zero-order chi connectivity index (χ0) is 19.2. The van der Waals surface area contributed by atoms with Gasteiger partial charge in [-0.1, -0.05) is 29.2 Å². The molecule has 0 spiro atoms. The fraction of sp³-hybridized carbons (Fsp3) is 0.167. The molecule has 2 aromatic carbocycles. The number of ether oxygens (including phenoxy) is 1. The first kappa shape index (κ1) is 19.1. The van der Waals surface area contributed by atoms with E-state index in [9.17, 15) is 9.18 Å². The number of hydrogen-bond acceptors (Lipinski definition) is 7. The van der Waals surface area contributed by atoms with Crippen LogP contribution in [0.2, 0.25) is 0 Å². The number of amides is 1. The van der Waals surface area contributed by atoms with Crippen LogP contribution in [0, 0.1) is 12.7 Å². The Bertz CT molecular complexity index is 931. The van der Waals surface area contributed by atoms with Crippen LogP contribution in [-0.4, -0.2) is 29.0 Å². The molecule has 1 heterocycles. The summed E-state index contributed by atoms with van der Waals surface area (Å²) in [4.78, 5) is 12.0. The average Bonchev–Trinajstić information content (AvgIpc) is 3.11. The Morgan fingerprint density at radius 1 is 1.19 bits per heavy atom. The van der Waals surface area contributed by atoms with Gasteiger partial charge >= 0.3 is 0 Å². The molecule has 0 unspecified atom stereocenters. The molecule has 1 aromatic heterocycles. The number of anilines is 3. The van der Waals surface area contributed by atoms with Crippen LogP contribution in [0.4, 0.5) is 20.9 Å². The van der Waals surface area contributed by atoms with Gasteiger partial charge in [-0.15, -0.1) is 10.2 Å². The van der Waals surface area contributed by atoms with Crippen LogP contribution in [0.15, 0.2) is 46.8 Å². The van der Waals surface area contributed by atoms with E-state index >= 15 is 0 Å². The van der Waals surface area contributed by atoms with Gasteiger partial charge in [0, 0.05) is 11.4 Å². The Balaban J connectivity index is 1.51. The molecule has 0 radical (unpaired) electrons. The van der Waals surface area contributed by atoms with Gasteiger partial charge < -0.3 is 15.4 Å². The molecule has 9 heteroatoms. The molecule has 3 rings (SSSR count). The number of methoxy groups -OCH3 is 1. The van der Waals surface area contributed by atoms with Crippen molar-refractivity contribution < 1.29 is 13.9 Å². The summed E-state index contributed by atoms with van der Waals surface area (Å²) in [6, 6.07) is 12.0. The fourth-order valence-corrected chi connectivity index (χ4v) is 3.68. The molecular formula is C18H17FN4O2S2. The predicted molar refractivity (Wildman–Crippen MR) is 107 cm³/mol. The summed E-state index contributed by atoms with van der Waals surface area (Å²) in [6.07, 6.45) is 0. The Kier molecular flexibility index (Phi) is 6.25. The standard InChI is InChI=1S/C18H17FN4O2S2/c1-11-3-4-13(9-15(11)19)20-16(24)10-26-18-23-22-17(27-18)21-12-5-7-14(25-2)8-6-12/h3-9H,10H2,1-2H3,(H,20,24)(H,21,22). The largest absolute Gasteiger partial charge is 0.497 e. The van der Waals surface area contributed by atoms with Crippen molar-refractivity contribution >= 4 is 45.5 Å². The highest BCUT2D eigenvalue weighted by Crippen LogP contribution is 2.28. The molecule has 0 aliphatic heterocycles. The minimum Gasteiger partial charge on any atom is -0.497 e. The summed E-state index contributed by atoms with van der Waals surface area (Å²) in [5.41, 5.74) is 1.83. The first-order chi connectivity index (χ1) is 13.0. The number of benzene rings is 2. The molecule has 0 saturated carbocycles. The van der Waals surface area contributed by atoms with E-state index in [-0.39, 0.29) is 17.5 Å². The predicted octanol–water partition coefficient (Wildman–Crippen LogP) is 4.47. The Morgan fingerprint density at radius 2 is 1.93 bits per heavy atom. The molecule has 3 aromatic rings. The quantitative estimate of drug-likeness (QED) is 0.566. The third kappa shape index (κ3) is 5.41. The lowest BCUT2D eigenvalue weighted by Crippen LogP contribution is -2.14. The van der Waals surface area contributed by atoms with Crippen LogP contribution in [-0.2, 0) is 4.79 Å².